The van der Waals surface area contributed by atoms with Gasteiger partial charge in [0, 0.05) is 33.2 Å². The summed E-state index contributed by atoms with van der Waals surface area (Å²) in [4.78, 5) is 14.9. The highest BCUT2D eigenvalue weighted by Gasteiger charge is 2.45. The van der Waals surface area contributed by atoms with Gasteiger partial charge in [0.15, 0.2) is 0 Å². The van der Waals surface area contributed by atoms with Crippen LogP contribution in [-0.2, 0) is 22.5 Å². The van der Waals surface area contributed by atoms with Gasteiger partial charge in [-0.1, -0.05) is 0 Å². The summed E-state index contributed by atoms with van der Waals surface area (Å²) in [6, 6.07) is -0.00976. The normalized spacial score (nSPS) is 21.5. The van der Waals surface area contributed by atoms with Crippen LogP contribution in [0.15, 0.2) is 6.33 Å². The summed E-state index contributed by atoms with van der Waals surface area (Å²) in [5, 5.41) is 14.6. The van der Waals surface area contributed by atoms with Crippen LogP contribution in [0.25, 0.3) is 0 Å². The number of carbonyl (C=O) groups is 1. The highest BCUT2D eigenvalue weighted by atomic mass is 35.5. The van der Waals surface area contributed by atoms with E-state index in [0.717, 1.165) is 38.4 Å². The molecule has 0 radical (unpaired) electrons. The third kappa shape index (κ3) is 6.02. The molecule has 2 fully saturated rings. The Morgan fingerprint density at radius 3 is 2.85 bits per heavy atom. The smallest absolute Gasteiger partial charge is 0.237 e. The first-order valence-electron chi connectivity index (χ1n) is 9.18. The highest BCUT2D eigenvalue weighted by molar-refractivity contribution is 5.85. The fourth-order valence-electron chi connectivity index (χ4n) is 4.15. The Morgan fingerprint density at radius 1 is 1.41 bits per heavy atom. The number of nitrogens with zero attached hydrogens (tertiary/aromatic N) is 4. The van der Waals surface area contributed by atoms with Crippen LogP contribution in [0.2, 0.25) is 0 Å². The predicted molar refractivity (Wildman–Crippen MR) is 109 cm³/mol. The lowest BCUT2D eigenvalue weighted by Crippen LogP contribution is -2.42. The molecule has 0 aromatic carbocycles. The molecule has 3 heterocycles. The number of amides is 1. The fourth-order valence-corrected chi connectivity index (χ4v) is 4.15. The number of piperidine rings is 1. The molecule has 2 aliphatic heterocycles. The summed E-state index contributed by atoms with van der Waals surface area (Å²) in [6.07, 6.45) is 5.71. The summed E-state index contributed by atoms with van der Waals surface area (Å²) in [7, 11) is 3.75. The standard InChI is InChI=1S/C17H30N6O2.2ClH/c1-22-12-17(4-7-18-8-5-17)11-14(22)16(24)19-6-3-15-21-20-13-23(15)9-10-25-2;;/h13-14,18H,3-12H2,1-2H3,(H,19,24);2*1H. The number of likely N-dealkylation sites (N-methyl/N-ethyl adjacent to an activating group) is 1. The summed E-state index contributed by atoms with van der Waals surface area (Å²) >= 11 is 0. The molecule has 1 aromatic rings. The Labute approximate surface area is 173 Å². The van der Waals surface area contributed by atoms with Crippen molar-refractivity contribution in [2.45, 2.75) is 38.3 Å². The highest BCUT2D eigenvalue weighted by Crippen LogP contribution is 2.41. The average molecular weight is 423 g/mol. The Bertz CT molecular complexity index is 580. The van der Waals surface area contributed by atoms with Gasteiger partial charge in [0.1, 0.15) is 12.2 Å². The number of hydrogen-bond donors (Lipinski definition) is 2. The summed E-state index contributed by atoms with van der Waals surface area (Å²) in [5.41, 5.74) is 0.322. The van der Waals surface area contributed by atoms with E-state index in [1.54, 1.807) is 13.4 Å². The Hall–Kier alpha value is -0.930. The quantitative estimate of drug-likeness (QED) is 0.665. The average Bonchev–Trinajstić information content (AvgIpc) is 3.18. The van der Waals surface area contributed by atoms with Crippen molar-refractivity contribution in [3.8, 4) is 0 Å². The number of hydrogen-bond acceptors (Lipinski definition) is 6. The first kappa shape index (κ1) is 24.1. The van der Waals surface area contributed by atoms with Crippen LogP contribution in [0.4, 0.5) is 0 Å². The Morgan fingerprint density at radius 2 is 2.15 bits per heavy atom. The lowest BCUT2D eigenvalue weighted by atomic mass is 9.77. The third-order valence-corrected chi connectivity index (χ3v) is 5.59. The van der Waals surface area contributed by atoms with Crippen LogP contribution in [0, 0.1) is 5.41 Å². The van der Waals surface area contributed by atoms with Crippen LogP contribution in [0.3, 0.4) is 0 Å². The molecule has 2 aliphatic rings. The number of nitrogens with one attached hydrogen (secondary N) is 2. The van der Waals surface area contributed by atoms with Crippen LogP contribution in [0.1, 0.15) is 25.1 Å². The van der Waals surface area contributed by atoms with Gasteiger partial charge >= 0.3 is 0 Å². The SMILES string of the molecule is COCCn1cnnc1CCNC(=O)C1CC2(CCNCC2)CN1C.Cl.Cl. The molecule has 8 nitrogen and oxygen atoms in total. The molecule has 0 aliphatic carbocycles. The van der Waals surface area contributed by atoms with Gasteiger partial charge in [-0.3, -0.25) is 9.69 Å². The summed E-state index contributed by atoms with van der Waals surface area (Å²) in [6.45, 7) is 5.11. The molecule has 156 valence electrons. The topological polar surface area (TPSA) is 84.3 Å². The third-order valence-electron chi connectivity index (χ3n) is 5.59. The zero-order valence-electron chi connectivity index (χ0n) is 16.1. The lowest BCUT2D eigenvalue weighted by Gasteiger charge is -2.33. The van der Waals surface area contributed by atoms with Crippen molar-refractivity contribution < 1.29 is 9.53 Å². The molecular formula is C17H32Cl2N6O2. The van der Waals surface area contributed by atoms with Gasteiger partial charge in [-0.05, 0) is 44.8 Å². The van der Waals surface area contributed by atoms with Crippen molar-refractivity contribution in [1.82, 2.24) is 30.3 Å². The first-order chi connectivity index (χ1) is 12.1. The molecule has 3 rings (SSSR count). The predicted octanol–water partition coefficient (Wildman–Crippen LogP) is 0.501. The zero-order valence-corrected chi connectivity index (χ0v) is 17.8. The van der Waals surface area contributed by atoms with Crippen molar-refractivity contribution >= 4 is 30.7 Å². The van der Waals surface area contributed by atoms with Gasteiger partial charge in [-0.25, -0.2) is 0 Å². The first-order valence-corrected chi connectivity index (χ1v) is 9.18. The number of halogens is 2. The van der Waals surface area contributed by atoms with Crippen molar-refractivity contribution in [3.63, 3.8) is 0 Å². The van der Waals surface area contributed by atoms with E-state index in [1.807, 2.05) is 4.57 Å². The zero-order chi connectivity index (χ0) is 17.7. The molecule has 10 heteroatoms. The van der Waals surface area contributed by atoms with Gasteiger partial charge in [0.05, 0.1) is 12.6 Å². The Balaban J connectivity index is 0.00000182. The second-order valence-electron chi connectivity index (χ2n) is 7.36. The van der Waals surface area contributed by atoms with E-state index < -0.39 is 0 Å². The maximum absolute atomic E-state index is 12.6. The maximum Gasteiger partial charge on any atom is 0.237 e. The molecule has 1 atom stereocenters. The minimum atomic E-state index is -0.00976. The molecular weight excluding hydrogens is 391 g/mol. The van der Waals surface area contributed by atoms with Crippen molar-refractivity contribution in [3.05, 3.63) is 12.2 Å². The van der Waals surface area contributed by atoms with Crippen LogP contribution < -0.4 is 10.6 Å². The van der Waals surface area contributed by atoms with Gasteiger partial charge < -0.3 is 19.9 Å². The molecule has 2 saturated heterocycles. The number of carbonyl (C=O) groups excluding carboxylic acids is 1. The van der Waals surface area contributed by atoms with Gasteiger partial charge in [-0.2, -0.15) is 0 Å². The number of likely N-dealkylation sites (tertiary alicyclic amines) is 1. The molecule has 1 unspecified atom stereocenters. The van der Waals surface area contributed by atoms with Crippen molar-refractivity contribution in [2.24, 2.45) is 5.41 Å². The van der Waals surface area contributed by atoms with Crippen molar-refractivity contribution in [1.29, 1.82) is 0 Å². The monoisotopic (exact) mass is 422 g/mol. The molecule has 0 bridgehead atoms. The number of aromatic nitrogens is 3. The molecule has 2 N–H and O–H groups in total. The van der Waals surface area contributed by atoms with E-state index in [0.29, 0.717) is 25.0 Å². The van der Waals surface area contributed by atoms with Gasteiger partial charge in [0.25, 0.3) is 0 Å². The van der Waals surface area contributed by atoms with Crippen LogP contribution >= 0.6 is 24.8 Å². The van der Waals surface area contributed by atoms with E-state index >= 15 is 0 Å². The minimum Gasteiger partial charge on any atom is -0.383 e. The molecule has 27 heavy (non-hydrogen) atoms. The fraction of sp³-hybridized carbons (Fsp3) is 0.824. The molecule has 1 spiro atoms. The molecule has 0 saturated carbocycles. The second kappa shape index (κ2) is 11.2. The number of methoxy groups -OCH3 is 1. The van der Waals surface area contributed by atoms with E-state index in [9.17, 15) is 4.79 Å². The maximum atomic E-state index is 12.6. The second-order valence-corrected chi connectivity index (χ2v) is 7.36. The van der Waals surface area contributed by atoms with Crippen LogP contribution in [0.5, 0.6) is 0 Å². The van der Waals surface area contributed by atoms with Gasteiger partial charge in [-0.15, -0.1) is 35.0 Å². The van der Waals surface area contributed by atoms with E-state index in [2.05, 4.69) is 32.8 Å². The molecule has 1 amide bonds. The summed E-state index contributed by atoms with van der Waals surface area (Å²) in [5.74, 6) is 1.02. The molecule has 1 aromatic heterocycles. The van der Waals surface area contributed by atoms with Crippen LogP contribution in [-0.4, -0.2) is 78.6 Å². The van der Waals surface area contributed by atoms with E-state index in [1.165, 1.54) is 12.8 Å². The van der Waals surface area contributed by atoms with Crippen molar-refractivity contribution in [2.75, 3.05) is 46.9 Å². The van der Waals surface area contributed by atoms with Gasteiger partial charge in [0.2, 0.25) is 5.91 Å². The number of ether oxygens (including phenoxy) is 1. The summed E-state index contributed by atoms with van der Waals surface area (Å²) < 4.78 is 7.06. The van der Waals surface area contributed by atoms with E-state index in [-0.39, 0.29) is 36.8 Å². The van der Waals surface area contributed by atoms with E-state index in [4.69, 9.17) is 4.74 Å². The largest absolute Gasteiger partial charge is 0.383 e. The minimum absolute atomic E-state index is 0. The Kier molecular flexibility index (Phi) is 9.97. The lowest BCUT2D eigenvalue weighted by molar-refractivity contribution is -0.125. The number of rotatable bonds is 7.